The van der Waals surface area contributed by atoms with Crippen LogP contribution in [0.4, 0.5) is 4.79 Å². The average molecular weight is 539 g/mol. The lowest BCUT2D eigenvalue weighted by atomic mass is 9.73. The first-order valence-corrected chi connectivity index (χ1v) is 14.3. The highest BCUT2D eigenvalue weighted by Crippen LogP contribution is 2.48. The zero-order valence-corrected chi connectivity index (χ0v) is 23.2. The molecule has 0 saturated heterocycles. The van der Waals surface area contributed by atoms with Crippen molar-refractivity contribution in [2.75, 3.05) is 13.7 Å². The van der Waals surface area contributed by atoms with Crippen molar-refractivity contribution in [1.82, 2.24) is 0 Å². The first-order valence-electron chi connectivity index (χ1n) is 14.3. The Kier molecular flexibility index (Phi) is 10.7. The van der Waals surface area contributed by atoms with Crippen molar-refractivity contribution in [2.24, 2.45) is 17.8 Å². The zero-order chi connectivity index (χ0) is 27.6. The van der Waals surface area contributed by atoms with Gasteiger partial charge in [0.25, 0.3) is 0 Å². The molecule has 1 saturated carbocycles. The molecule has 1 fully saturated rings. The number of rotatable bonds is 13. The van der Waals surface area contributed by atoms with Gasteiger partial charge in [0.05, 0.1) is 13.2 Å². The molecular formula is C32H42O7. The predicted molar refractivity (Wildman–Crippen MR) is 147 cm³/mol. The molecule has 2 aliphatic rings. The monoisotopic (exact) mass is 538 g/mol. The Bertz CT molecular complexity index is 1070. The minimum atomic E-state index is -0.635. The van der Waals surface area contributed by atoms with E-state index in [1.165, 1.54) is 12.7 Å². The lowest BCUT2D eigenvalue weighted by molar-refractivity contribution is -0.147. The van der Waals surface area contributed by atoms with Crippen LogP contribution in [0.3, 0.4) is 0 Å². The van der Waals surface area contributed by atoms with E-state index in [1.54, 1.807) is 0 Å². The summed E-state index contributed by atoms with van der Waals surface area (Å²) < 4.78 is 21.6. The molecule has 1 N–H and O–H groups in total. The largest absolute Gasteiger partial charge is 0.508 e. The lowest BCUT2D eigenvalue weighted by Crippen LogP contribution is -2.29. The predicted octanol–water partition coefficient (Wildman–Crippen LogP) is 6.03. The number of fused-ring (bicyclic) bond motifs is 2. The van der Waals surface area contributed by atoms with Gasteiger partial charge in [-0.05, 0) is 85.5 Å². The van der Waals surface area contributed by atoms with Crippen LogP contribution in [0.2, 0.25) is 0 Å². The van der Waals surface area contributed by atoms with Gasteiger partial charge in [-0.1, -0.05) is 62.2 Å². The molecule has 2 aromatic carbocycles. The van der Waals surface area contributed by atoms with Crippen molar-refractivity contribution < 1.29 is 33.6 Å². The topological polar surface area (TPSA) is 91.3 Å². The van der Waals surface area contributed by atoms with Gasteiger partial charge in [0.15, 0.2) is 6.61 Å². The number of hydrogen-bond donors (Lipinski definition) is 1. The maximum absolute atomic E-state index is 12.3. The van der Waals surface area contributed by atoms with E-state index in [4.69, 9.17) is 18.9 Å². The molecule has 212 valence electrons. The third-order valence-electron chi connectivity index (χ3n) is 8.32. The Morgan fingerprint density at radius 2 is 1.85 bits per heavy atom. The van der Waals surface area contributed by atoms with Gasteiger partial charge in [0.1, 0.15) is 18.5 Å². The second-order valence-corrected chi connectivity index (χ2v) is 10.9. The molecule has 0 radical (unpaired) electrons. The van der Waals surface area contributed by atoms with Gasteiger partial charge in [-0.3, -0.25) is 0 Å². The molecule has 0 bridgehead atoms. The highest BCUT2D eigenvalue weighted by atomic mass is 16.7. The van der Waals surface area contributed by atoms with Crippen molar-refractivity contribution in [1.29, 1.82) is 0 Å². The Morgan fingerprint density at radius 3 is 2.62 bits per heavy atom. The van der Waals surface area contributed by atoms with Crippen LogP contribution in [0.5, 0.6) is 5.75 Å². The van der Waals surface area contributed by atoms with Crippen LogP contribution < -0.4 is 4.74 Å². The van der Waals surface area contributed by atoms with E-state index in [0.717, 1.165) is 74.7 Å². The summed E-state index contributed by atoms with van der Waals surface area (Å²) in [5, 5.41) is 11.0. The van der Waals surface area contributed by atoms with Crippen molar-refractivity contribution in [3.8, 4) is 5.75 Å². The number of unbranched alkanes of at least 4 members (excludes halogenated alkanes) is 2. The quantitative estimate of drug-likeness (QED) is 0.246. The molecule has 5 atom stereocenters. The van der Waals surface area contributed by atoms with E-state index in [2.05, 4.69) is 13.0 Å². The number of benzene rings is 2. The number of aliphatic hydroxyl groups is 1. The second-order valence-electron chi connectivity index (χ2n) is 10.9. The molecule has 0 heterocycles. The number of hydrogen-bond acceptors (Lipinski definition) is 7. The summed E-state index contributed by atoms with van der Waals surface area (Å²) in [6.45, 7) is 2.24. The summed E-state index contributed by atoms with van der Waals surface area (Å²) in [4.78, 5) is 24.1. The van der Waals surface area contributed by atoms with E-state index >= 15 is 0 Å². The Morgan fingerprint density at radius 1 is 1.03 bits per heavy atom. The summed E-state index contributed by atoms with van der Waals surface area (Å²) in [6.07, 6.45) is 6.82. The molecule has 4 rings (SSSR count). The van der Waals surface area contributed by atoms with Crippen LogP contribution in [0, 0.1) is 17.8 Å². The normalized spacial score (nSPS) is 22.3. The second kappa shape index (κ2) is 14.4. The van der Waals surface area contributed by atoms with Crippen molar-refractivity contribution in [2.45, 2.75) is 83.5 Å². The first kappa shape index (κ1) is 28.9. The molecular weight excluding hydrogens is 496 g/mol. The lowest BCUT2D eigenvalue weighted by Gasteiger charge is -2.32. The molecule has 0 amide bonds. The minimum absolute atomic E-state index is 0.137. The van der Waals surface area contributed by atoms with Crippen molar-refractivity contribution >= 4 is 12.1 Å². The smallest absolute Gasteiger partial charge is 0.482 e. The molecule has 0 unspecified atom stereocenters. The Labute approximate surface area is 231 Å². The van der Waals surface area contributed by atoms with E-state index < -0.39 is 12.1 Å². The number of ether oxygens (including phenoxy) is 4. The SMILES string of the molecule is CCCCC[C@@H](CC[C@@H]1[C@H]2Cc3cccc(OCC(=O)OCc4ccccc4)c3C[C@H]2C[C@H]1O)OC(=O)OC. The van der Waals surface area contributed by atoms with Gasteiger partial charge < -0.3 is 24.1 Å². The highest BCUT2D eigenvalue weighted by molar-refractivity contribution is 5.71. The molecule has 0 aromatic heterocycles. The van der Waals surface area contributed by atoms with E-state index in [1.807, 2.05) is 42.5 Å². The number of carbonyl (C=O) groups excluding carboxylic acids is 2. The molecule has 0 aliphatic heterocycles. The van der Waals surface area contributed by atoms with E-state index in [0.29, 0.717) is 11.8 Å². The zero-order valence-electron chi connectivity index (χ0n) is 23.2. The van der Waals surface area contributed by atoms with E-state index in [-0.39, 0.29) is 31.3 Å². The van der Waals surface area contributed by atoms with E-state index in [9.17, 15) is 14.7 Å². The fourth-order valence-electron chi connectivity index (χ4n) is 6.30. The number of esters is 1. The fraction of sp³-hybridized carbons (Fsp3) is 0.562. The average Bonchev–Trinajstić information content (AvgIpc) is 3.26. The molecule has 0 spiro atoms. The highest BCUT2D eigenvalue weighted by Gasteiger charge is 2.45. The van der Waals surface area contributed by atoms with Gasteiger partial charge in [-0.25, -0.2) is 9.59 Å². The molecule has 7 nitrogen and oxygen atoms in total. The molecule has 7 heteroatoms. The summed E-state index contributed by atoms with van der Waals surface area (Å²) in [5.41, 5.74) is 3.29. The maximum atomic E-state index is 12.3. The molecule has 39 heavy (non-hydrogen) atoms. The summed E-state index contributed by atoms with van der Waals surface area (Å²) in [6, 6.07) is 15.6. The molecule has 2 aliphatic carbocycles. The third kappa shape index (κ3) is 7.98. The Balaban J connectivity index is 1.34. The van der Waals surface area contributed by atoms with Crippen LogP contribution >= 0.6 is 0 Å². The van der Waals surface area contributed by atoms with Crippen LogP contribution in [0.25, 0.3) is 0 Å². The van der Waals surface area contributed by atoms with Crippen LogP contribution in [-0.4, -0.2) is 43.2 Å². The summed E-state index contributed by atoms with van der Waals surface area (Å²) >= 11 is 0. The first-order chi connectivity index (χ1) is 19.0. The minimum Gasteiger partial charge on any atom is -0.482 e. The van der Waals surface area contributed by atoms with Crippen LogP contribution in [0.1, 0.15) is 68.6 Å². The van der Waals surface area contributed by atoms with Gasteiger partial charge in [0.2, 0.25) is 0 Å². The fourth-order valence-corrected chi connectivity index (χ4v) is 6.30. The van der Waals surface area contributed by atoms with Crippen LogP contribution in [0.15, 0.2) is 48.5 Å². The van der Waals surface area contributed by atoms with Gasteiger partial charge in [-0.2, -0.15) is 0 Å². The Hall–Kier alpha value is -3.06. The maximum Gasteiger partial charge on any atom is 0.508 e. The summed E-state index contributed by atoms with van der Waals surface area (Å²) in [7, 11) is 1.34. The number of methoxy groups -OCH3 is 1. The van der Waals surface area contributed by atoms with Gasteiger partial charge in [-0.15, -0.1) is 0 Å². The standard InChI is InChI=1S/C32H42O7/c1-3-4-6-13-25(39-32(35)36-2)15-16-26-27-17-23-12-9-14-30(28(23)18-24(27)19-29(26)33)37-21-31(34)38-20-22-10-7-5-8-11-22/h5,7-12,14,24-27,29,33H,3-4,6,13,15-21H2,1-2H3/t24-,25-,26+,27-,29+/m0/s1. The number of carbonyl (C=O) groups is 2. The summed E-state index contributed by atoms with van der Waals surface area (Å²) in [5.74, 6) is 1.21. The van der Waals surface area contributed by atoms with Gasteiger partial charge >= 0.3 is 12.1 Å². The van der Waals surface area contributed by atoms with Gasteiger partial charge in [0, 0.05) is 0 Å². The molecule has 2 aromatic rings. The number of aliphatic hydroxyl groups excluding tert-OH is 1. The van der Waals surface area contributed by atoms with Crippen molar-refractivity contribution in [3.05, 3.63) is 65.2 Å². The van der Waals surface area contributed by atoms with Crippen LogP contribution in [-0.2, 0) is 38.5 Å². The third-order valence-corrected chi connectivity index (χ3v) is 8.32. The van der Waals surface area contributed by atoms with Crippen molar-refractivity contribution in [3.63, 3.8) is 0 Å².